The summed E-state index contributed by atoms with van der Waals surface area (Å²) in [5, 5.41) is 2.94. The zero-order chi connectivity index (χ0) is 15.5. The monoisotopic (exact) mass is 302 g/mol. The summed E-state index contributed by atoms with van der Waals surface area (Å²) in [6.45, 7) is 3.31. The lowest BCUT2D eigenvalue weighted by Crippen LogP contribution is -2.46. The molecule has 0 saturated carbocycles. The first-order chi connectivity index (χ1) is 10.6. The number of benzene rings is 1. The zero-order valence-corrected chi connectivity index (χ0v) is 12.9. The van der Waals surface area contributed by atoms with Crippen molar-refractivity contribution in [3.8, 4) is 0 Å². The third-order valence-corrected chi connectivity index (χ3v) is 4.35. The topological polar surface area (TPSA) is 58.6 Å². The van der Waals surface area contributed by atoms with Crippen molar-refractivity contribution in [3.05, 3.63) is 29.8 Å². The molecular formula is C17H22N2O3. The number of rotatable bonds is 4. The Bertz CT molecular complexity index is 550. The second kappa shape index (κ2) is 6.48. The van der Waals surface area contributed by atoms with Crippen LogP contribution in [0.5, 0.6) is 0 Å². The number of hydrogen-bond acceptors (Lipinski definition) is 3. The summed E-state index contributed by atoms with van der Waals surface area (Å²) in [6, 6.07) is 7.32. The molecule has 22 heavy (non-hydrogen) atoms. The molecule has 2 aliphatic heterocycles. The lowest BCUT2D eigenvalue weighted by Gasteiger charge is -2.24. The molecule has 2 aliphatic rings. The maximum absolute atomic E-state index is 12.4. The molecule has 2 atom stereocenters. The van der Waals surface area contributed by atoms with Crippen molar-refractivity contribution < 1.29 is 14.3 Å². The molecule has 0 aliphatic carbocycles. The van der Waals surface area contributed by atoms with E-state index in [4.69, 9.17) is 4.74 Å². The van der Waals surface area contributed by atoms with Gasteiger partial charge in [0.15, 0.2) is 0 Å². The second-order valence-electron chi connectivity index (χ2n) is 6.03. The summed E-state index contributed by atoms with van der Waals surface area (Å²) in [5.41, 5.74) is 1.93. The second-order valence-corrected chi connectivity index (χ2v) is 6.03. The number of nitrogens with zero attached hydrogens (tertiary/aromatic N) is 1. The van der Waals surface area contributed by atoms with Crippen molar-refractivity contribution in [1.82, 2.24) is 5.32 Å². The molecular weight excluding hydrogens is 280 g/mol. The Kier molecular flexibility index (Phi) is 4.43. The van der Waals surface area contributed by atoms with Gasteiger partial charge in [0, 0.05) is 25.3 Å². The highest BCUT2D eigenvalue weighted by Gasteiger charge is 2.37. The van der Waals surface area contributed by atoms with Crippen LogP contribution in [0.3, 0.4) is 0 Å². The summed E-state index contributed by atoms with van der Waals surface area (Å²) >= 11 is 0. The van der Waals surface area contributed by atoms with E-state index < -0.39 is 6.04 Å². The average Bonchev–Trinajstić information content (AvgIpc) is 3.15. The maximum Gasteiger partial charge on any atom is 0.243 e. The van der Waals surface area contributed by atoms with Crippen LogP contribution in [0.4, 0.5) is 5.69 Å². The molecule has 0 bridgehead atoms. The number of aryl methyl sites for hydroxylation is 1. The van der Waals surface area contributed by atoms with Crippen molar-refractivity contribution in [1.29, 1.82) is 0 Å². The van der Waals surface area contributed by atoms with E-state index in [2.05, 4.69) is 5.32 Å². The molecule has 2 saturated heterocycles. The fraction of sp³-hybridized carbons (Fsp3) is 0.529. The van der Waals surface area contributed by atoms with Gasteiger partial charge in [-0.05, 0) is 38.3 Å². The maximum atomic E-state index is 12.4. The predicted molar refractivity (Wildman–Crippen MR) is 83.7 cm³/mol. The van der Waals surface area contributed by atoms with Crippen LogP contribution in [0, 0.1) is 6.92 Å². The van der Waals surface area contributed by atoms with Crippen LogP contribution in [0.15, 0.2) is 24.3 Å². The molecule has 1 aromatic rings. The number of anilines is 1. The highest BCUT2D eigenvalue weighted by atomic mass is 16.5. The van der Waals surface area contributed by atoms with Gasteiger partial charge in [0.2, 0.25) is 11.8 Å². The van der Waals surface area contributed by atoms with E-state index in [1.165, 1.54) is 0 Å². The Morgan fingerprint density at radius 2 is 2.09 bits per heavy atom. The molecule has 2 unspecified atom stereocenters. The van der Waals surface area contributed by atoms with Crippen LogP contribution in [0.25, 0.3) is 0 Å². The fourth-order valence-corrected chi connectivity index (χ4v) is 3.10. The summed E-state index contributed by atoms with van der Waals surface area (Å²) in [4.78, 5) is 26.2. The molecule has 0 radical (unpaired) electrons. The first kappa shape index (κ1) is 15.0. The SMILES string of the molecule is Cc1ccc(N2C(=O)CCC2C(=O)NCC2CCCO2)cc1. The van der Waals surface area contributed by atoms with E-state index in [0.717, 1.165) is 30.7 Å². The van der Waals surface area contributed by atoms with Gasteiger partial charge in [-0.15, -0.1) is 0 Å². The van der Waals surface area contributed by atoms with E-state index in [1.54, 1.807) is 4.90 Å². The lowest BCUT2D eigenvalue weighted by molar-refractivity contribution is -0.124. The van der Waals surface area contributed by atoms with Gasteiger partial charge < -0.3 is 10.1 Å². The van der Waals surface area contributed by atoms with Crippen LogP contribution in [-0.2, 0) is 14.3 Å². The van der Waals surface area contributed by atoms with Crippen molar-refractivity contribution in [2.24, 2.45) is 0 Å². The smallest absolute Gasteiger partial charge is 0.243 e. The molecule has 1 N–H and O–H groups in total. The minimum absolute atomic E-state index is 0.0149. The standard InChI is InChI=1S/C17H22N2O3/c1-12-4-6-13(7-5-12)19-15(8-9-16(19)20)17(21)18-11-14-3-2-10-22-14/h4-7,14-15H,2-3,8-11H2,1H3,(H,18,21). The van der Waals surface area contributed by atoms with Crippen LogP contribution >= 0.6 is 0 Å². The number of ether oxygens (including phenoxy) is 1. The largest absolute Gasteiger partial charge is 0.376 e. The number of carbonyl (C=O) groups is 2. The van der Waals surface area contributed by atoms with Gasteiger partial charge in [-0.3, -0.25) is 14.5 Å². The number of carbonyl (C=O) groups excluding carboxylic acids is 2. The minimum Gasteiger partial charge on any atom is -0.376 e. The molecule has 1 aromatic carbocycles. The van der Waals surface area contributed by atoms with E-state index in [1.807, 2.05) is 31.2 Å². The Morgan fingerprint density at radius 1 is 1.32 bits per heavy atom. The summed E-state index contributed by atoms with van der Waals surface area (Å²) < 4.78 is 5.52. The molecule has 2 fully saturated rings. The average molecular weight is 302 g/mol. The van der Waals surface area contributed by atoms with Gasteiger partial charge in [-0.1, -0.05) is 17.7 Å². The summed E-state index contributed by atoms with van der Waals surface area (Å²) in [6.07, 6.45) is 3.16. The van der Waals surface area contributed by atoms with E-state index in [-0.39, 0.29) is 17.9 Å². The van der Waals surface area contributed by atoms with Gasteiger partial charge in [0.25, 0.3) is 0 Å². The Morgan fingerprint density at radius 3 is 2.77 bits per heavy atom. The Hall–Kier alpha value is -1.88. The van der Waals surface area contributed by atoms with Crippen molar-refractivity contribution >= 4 is 17.5 Å². The quantitative estimate of drug-likeness (QED) is 0.922. The first-order valence-electron chi connectivity index (χ1n) is 7.93. The molecule has 0 aromatic heterocycles. The zero-order valence-electron chi connectivity index (χ0n) is 12.9. The Labute approximate surface area is 130 Å². The van der Waals surface area contributed by atoms with Gasteiger partial charge >= 0.3 is 0 Å². The molecule has 3 rings (SSSR count). The number of hydrogen-bond donors (Lipinski definition) is 1. The van der Waals surface area contributed by atoms with E-state index >= 15 is 0 Å². The molecule has 5 heteroatoms. The van der Waals surface area contributed by atoms with Crippen LogP contribution in [-0.4, -0.2) is 37.1 Å². The van der Waals surface area contributed by atoms with Crippen LogP contribution < -0.4 is 10.2 Å². The third kappa shape index (κ3) is 3.14. The van der Waals surface area contributed by atoms with Crippen molar-refractivity contribution in [2.45, 2.75) is 44.8 Å². The van der Waals surface area contributed by atoms with Crippen molar-refractivity contribution in [2.75, 3.05) is 18.1 Å². The van der Waals surface area contributed by atoms with Gasteiger partial charge in [-0.25, -0.2) is 0 Å². The highest BCUT2D eigenvalue weighted by molar-refractivity contribution is 6.03. The molecule has 2 heterocycles. The summed E-state index contributed by atoms with van der Waals surface area (Å²) in [5.74, 6) is -0.0666. The highest BCUT2D eigenvalue weighted by Crippen LogP contribution is 2.27. The first-order valence-corrected chi connectivity index (χ1v) is 7.93. The van der Waals surface area contributed by atoms with E-state index in [0.29, 0.717) is 19.4 Å². The lowest BCUT2D eigenvalue weighted by atomic mass is 10.1. The van der Waals surface area contributed by atoms with Gasteiger partial charge in [0.1, 0.15) is 6.04 Å². The van der Waals surface area contributed by atoms with Crippen LogP contribution in [0.2, 0.25) is 0 Å². The fourth-order valence-electron chi connectivity index (χ4n) is 3.10. The molecule has 118 valence electrons. The summed E-state index contributed by atoms with van der Waals surface area (Å²) in [7, 11) is 0. The minimum atomic E-state index is -0.406. The molecule has 0 spiro atoms. The number of nitrogens with one attached hydrogen (secondary N) is 1. The molecule has 2 amide bonds. The normalized spacial score (nSPS) is 24.8. The third-order valence-electron chi connectivity index (χ3n) is 4.35. The van der Waals surface area contributed by atoms with Gasteiger partial charge in [-0.2, -0.15) is 0 Å². The predicted octanol–water partition coefficient (Wildman–Crippen LogP) is 1.79. The molecule has 5 nitrogen and oxygen atoms in total. The Balaban J connectivity index is 1.66. The number of amides is 2. The van der Waals surface area contributed by atoms with E-state index in [9.17, 15) is 9.59 Å². The van der Waals surface area contributed by atoms with Crippen LogP contribution in [0.1, 0.15) is 31.2 Å². The van der Waals surface area contributed by atoms with Crippen molar-refractivity contribution in [3.63, 3.8) is 0 Å². The van der Waals surface area contributed by atoms with Gasteiger partial charge in [0.05, 0.1) is 6.10 Å².